The molecule has 0 aliphatic heterocycles. The maximum Gasteiger partial charge on any atom is 0.337 e. The van der Waals surface area contributed by atoms with Gasteiger partial charge in [-0.05, 0) is 24.3 Å². The molecule has 2 aromatic carbocycles. The summed E-state index contributed by atoms with van der Waals surface area (Å²) in [5.74, 6) is -0.0845. The second-order valence-electron chi connectivity index (χ2n) is 5.18. The largest absolute Gasteiger partial charge is 0.496 e. The number of esters is 1. The fourth-order valence-electron chi connectivity index (χ4n) is 2.18. The van der Waals surface area contributed by atoms with E-state index in [0.29, 0.717) is 22.4 Å². The molecule has 5 heteroatoms. The zero-order valence-corrected chi connectivity index (χ0v) is 13.6. The first kappa shape index (κ1) is 16.5. The highest BCUT2D eigenvalue weighted by Crippen LogP contribution is 2.27. The van der Waals surface area contributed by atoms with Crippen LogP contribution in [0.15, 0.2) is 42.5 Å². The van der Waals surface area contributed by atoms with Crippen molar-refractivity contribution in [2.75, 3.05) is 33.2 Å². The van der Waals surface area contributed by atoms with Gasteiger partial charge in [-0.15, -0.1) is 0 Å². The number of rotatable bonds is 5. The Labute approximate surface area is 135 Å². The van der Waals surface area contributed by atoms with E-state index in [9.17, 15) is 9.59 Å². The molecule has 0 saturated carbocycles. The lowest BCUT2D eigenvalue weighted by Gasteiger charge is -2.15. The SMILES string of the molecule is COC(=O)c1ccc(C(=O)c2ccc(N(C)C)cc2OC)cc1. The first-order valence-electron chi connectivity index (χ1n) is 7.06. The van der Waals surface area contributed by atoms with E-state index in [1.165, 1.54) is 14.2 Å². The Balaban J connectivity index is 2.35. The standard InChI is InChI=1S/C18H19NO4/c1-19(2)14-9-10-15(16(11-14)22-3)17(20)12-5-7-13(8-6-12)18(21)23-4/h5-11H,1-4H3. The van der Waals surface area contributed by atoms with E-state index in [4.69, 9.17) is 4.74 Å². The first-order chi connectivity index (χ1) is 11.0. The summed E-state index contributed by atoms with van der Waals surface area (Å²) in [5.41, 5.74) is 2.30. The molecule has 0 spiro atoms. The Morgan fingerprint density at radius 3 is 2.04 bits per heavy atom. The van der Waals surface area contributed by atoms with Crippen LogP contribution in [-0.2, 0) is 4.74 Å². The van der Waals surface area contributed by atoms with Crippen molar-refractivity contribution in [2.45, 2.75) is 0 Å². The van der Waals surface area contributed by atoms with Crippen molar-refractivity contribution in [1.82, 2.24) is 0 Å². The summed E-state index contributed by atoms with van der Waals surface area (Å²) >= 11 is 0. The fourth-order valence-corrected chi connectivity index (χ4v) is 2.18. The smallest absolute Gasteiger partial charge is 0.337 e. The van der Waals surface area contributed by atoms with Gasteiger partial charge in [-0.25, -0.2) is 4.79 Å². The third-order valence-electron chi connectivity index (χ3n) is 3.51. The predicted octanol–water partition coefficient (Wildman–Crippen LogP) is 2.78. The highest BCUT2D eigenvalue weighted by atomic mass is 16.5. The summed E-state index contributed by atoms with van der Waals surface area (Å²) in [6, 6.07) is 11.8. The lowest BCUT2D eigenvalue weighted by Crippen LogP contribution is -2.10. The first-order valence-corrected chi connectivity index (χ1v) is 7.06. The minimum atomic E-state index is -0.433. The lowest BCUT2D eigenvalue weighted by molar-refractivity contribution is 0.0600. The van der Waals surface area contributed by atoms with Crippen molar-refractivity contribution in [2.24, 2.45) is 0 Å². The Morgan fingerprint density at radius 1 is 0.913 bits per heavy atom. The van der Waals surface area contributed by atoms with Crippen LogP contribution in [0.2, 0.25) is 0 Å². The van der Waals surface area contributed by atoms with Gasteiger partial charge in [-0.3, -0.25) is 4.79 Å². The van der Waals surface area contributed by atoms with Crippen LogP contribution in [0.5, 0.6) is 5.75 Å². The maximum atomic E-state index is 12.6. The molecule has 2 aromatic rings. The Hall–Kier alpha value is -2.82. The molecule has 0 N–H and O–H groups in total. The number of benzene rings is 2. The van der Waals surface area contributed by atoms with Crippen molar-refractivity contribution >= 4 is 17.4 Å². The second-order valence-corrected chi connectivity index (χ2v) is 5.18. The van der Waals surface area contributed by atoms with Crippen LogP contribution in [-0.4, -0.2) is 40.1 Å². The number of hydrogen-bond donors (Lipinski definition) is 0. The second kappa shape index (κ2) is 6.96. The molecule has 23 heavy (non-hydrogen) atoms. The van der Waals surface area contributed by atoms with E-state index in [2.05, 4.69) is 4.74 Å². The zero-order valence-electron chi connectivity index (χ0n) is 13.6. The molecule has 0 heterocycles. The van der Waals surface area contributed by atoms with Crippen molar-refractivity contribution in [3.8, 4) is 5.75 Å². The topological polar surface area (TPSA) is 55.8 Å². The molecule has 5 nitrogen and oxygen atoms in total. The summed E-state index contributed by atoms with van der Waals surface area (Å²) < 4.78 is 9.98. The van der Waals surface area contributed by atoms with Gasteiger partial charge in [-0.1, -0.05) is 12.1 Å². The third kappa shape index (κ3) is 3.51. The van der Waals surface area contributed by atoms with Gasteiger partial charge in [0.15, 0.2) is 5.78 Å². The van der Waals surface area contributed by atoms with Crippen LogP contribution < -0.4 is 9.64 Å². The third-order valence-corrected chi connectivity index (χ3v) is 3.51. The molecule has 0 unspecified atom stereocenters. The molecule has 0 aromatic heterocycles. The highest BCUT2D eigenvalue weighted by Gasteiger charge is 2.16. The van der Waals surface area contributed by atoms with Gasteiger partial charge in [0.05, 0.1) is 25.3 Å². The van der Waals surface area contributed by atoms with Gasteiger partial charge >= 0.3 is 5.97 Å². The molecule has 0 atom stereocenters. The van der Waals surface area contributed by atoms with E-state index < -0.39 is 5.97 Å². The van der Waals surface area contributed by atoms with E-state index in [-0.39, 0.29) is 5.78 Å². The molecular weight excluding hydrogens is 294 g/mol. The van der Waals surface area contributed by atoms with Crippen LogP contribution in [0, 0.1) is 0 Å². The van der Waals surface area contributed by atoms with Crippen LogP contribution in [0.25, 0.3) is 0 Å². The number of anilines is 1. The number of ketones is 1. The lowest BCUT2D eigenvalue weighted by atomic mass is 10.0. The average Bonchev–Trinajstić information content (AvgIpc) is 2.59. The quantitative estimate of drug-likeness (QED) is 0.627. The maximum absolute atomic E-state index is 12.6. The van der Waals surface area contributed by atoms with Crippen LogP contribution in [0.1, 0.15) is 26.3 Å². The molecule has 120 valence electrons. The number of hydrogen-bond acceptors (Lipinski definition) is 5. The van der Waals surface area contributed by atoms with Gasteiger partial charge in [0, 0.05) is 31.4 Å². The number of carbonyl (C=O) groups excluding carboxylic acids is 2. The molecule has 0 bridgehead atoms. The van der Waals surface area contributed by atoms with Crippen LogP contribution in [0.4, 0.5) is 5.69 Å². The van der Waals surface area contributed by atoms with Gasteiger partial charge < -0.3 is 14.4 Å². The van der Waals surface area contributed by atoms with Gasteiger partial charge in [0.2, 0.25) is 0 Å². The Bertz CT molecular complexity index is 720. The normalized spacial score (nSPS) is 10.1. The molecule has 0 aliphatic carbocycles. The van der Waals surface area contributed by atoms with E-state index in [1.54, 1.807) is 30.3 Å². The van der Waals surface area contributed by atoms with Crippen LogP contribution in [0.3, 0.4) is 0 Å². The predicted molar refractivity (Wildman–Crippen MR) is 88.5 cm³/mol. The molecule has 0 saturated heterocycles. The summed E-state index contributed by atoms with van der Waals surface area (Å²) in [4.78, 5) is 26.0. The minimum absolute atomic E-state index is 0.163. The van der Waals surface area contributed by atoms with E-state index >= 15 is 0 Å². The van der Waals surface area contributed by atoms with Crippen molar-refractivity contribution in [3.05, 3.63) is 59.2 Å². The summed E-state index contributed by atoms with van der Waals surface area (Å²) in [5, 5.41) is 0. The van der Waals surface area contributed by atoms with Crippen molar-refractivity contribution in [3.63, 3.8) is 0 Å². The Kier molecular flexibility index (Phi) is 5.01. The molecule has 2 rings (SSSR count). The van der Waals surface area contributed by atoms with Gasteiger partial charge in [-0.2, -0.15) is 0 Å². The van der Waals surface area contributed by atoms with E-state index in [0.717, 1.165) is 5.69 Å². The van der Waals surface area contributed by atoms with Crippen LogP contribution >= 0.6 is 0 Å². The van der Waals surface area contributed by atoms with Gasteiger partial charge in [0.25, 0.3) is 0 Å². The summed E-state index contributed by atoms with van der Waals surface area (Å²) in [7, 11) is 6.69. The molecule has 0 radical (unpaired) electrons. The molecular formula is C18H19NO4. The number of carbonyl (C=O) groups is 2. The van der Waals surface area contributed by atoms with E-state index in [1.807, 2.05) is 31.1 Å². The molecule has 0 amide bonds. The molecule has 0 aliphatic rings. The zero-order chi connectivity index (χ0) is 17.0. The molecule has 0 fully saturated rings. The van der Waals surface area contributed by atoms with Gasteiger partial charge in [0.1, 0.15) is 5.75 Å². The summed E-state index contributed by atoms with van der Waals surface area (Å²) in [6.07, 6.45) is 0. The number of nitrogens with zero attached hydrogens (tertiary/aromatic N) is 1. The average molecular weight is 313 g/mol. The number of methoxy groups -OCH3 is 2. The Morgan fingerprint density at radius 2 is 1.52 bits per heavy atom. The van der Waals surface area contributed by atoms with Crippen molar-refractivity contribution < 1.29 is 19.1 Å². The summed E-state index contributed by atoms with van der Waals surface area (Å²) in [6.45, 7) is 0. The fraction of sp³-hybridized carbons (Fsp3) is 0.222. The highest BCUT2D eigenvalue weighted by molar-refractivity contribution is 6.11. The van der Waals surface area contributed by atoms with Crippen molar-refractivity contribution in [1.29, 1.82) is 0 Å². The monoisotopic (exact) mass is 313 g/mol. The number of ether oxygens (including phenoxy) is 2. The minimum Gasteiger partial charge on any atom is -0.496 e.